The van der Waals surface area contributed by atoms with E-state index >= 15 is 0 Å². The third-order valence-electron chi connectivity index (χ3n) is 4.62. The van der Waals surface area contributed by atoms with Gasteiger partial charge in [-0.1, -0.05) is 18.5 Å². The van der Waals surface area contributed by atoms with Crippen molar-refractivity contribution in [3.05, 3.63) is 23.4 Å². The molecular formula is C17H28N6O. The second-order valence-corrected chi connectivity index (χ2v) is 6.84. The Bertz CT molecular complexity index is 649. The Morgan fingerprint density at radius 2 is 2.12 bits per heavy atom. The van der Waals surface area contributed by atoms with Gasteiger partial charge in [-0.15, -0.1) is 0 Å². The van der Waals surface area contributed by atoms with Crippen LogP contribution in [0.2, 0.25) is 0 Å². The number of hydrogen-bond donors (Lipinski definition) is 0. The summed E-state index contributed by atoms with van der Waals surface area (Å²) in [4.78, 5) is 11.4. The van der Waals surface area contributed by atoms with E-state index in [9.17, 15) is 0 Å². The first-order valence-electron chi connectivity index (χ1n) is 9.06. The molecule has 132 valence electrons. The summed E-state index contributed by atoms with van der Waals surface area (Å²) in [6.07, 6.45) is 5.58. The van der Waals surface area contributed by atoms with Crippen LogP contribution in [-0.4, -0.2) is 42.9 Å². The minimum atomic E-state index is 0.602. The first-order chi connectivity index (χ1) is 11.6. The van der Waals surface area contributed by atoms with E-state index in [1.165, 1.54) is 12.8 Å². The van der Waals surface area contributed by atoms with Gasteiger partial charge in [0, 0.05) is 19.5 Å². The van der Waals surface area contributed by atoms with Crippen LogP contribution in [-0.2, 0) is 19.5 Å². The maximum atomic E-state index is 5.34. The molecule has 0 spiro atoms. The van der Waals surface area contributed by atoms with Gasteiger partial charge in [0.1, 0.15) is 11.6 Å². The zero-order valence-electron chi connectivity index (χ0n) is 15.0. The lowest BCUT2D eigenvalue weighted by Crippen LogP contribution is -2.37. The number of aromatic nitrogens is 5. The quantitative estimate of drug-likeness (QED) is 0.776. The van der Waals surface area contributed by atoms with E-state index in [1.54, 1.807) is 0 Å². The molecule has 24 heavy (non-hydrogen) atoms. The van der Waals surface area contributed by atoms with Gasteiger partial charge in [0.2, 0.25) is 5.89 Å². The Hall–Kier alpha value is -1.76. The van der Waals surface area contributed by atoms with Crippen LogP contribution >= 0.6 is 0 Å². The van der Waals surface area contributed by atoms with Crippen molar-refractivity contribution >= 4 is 0 Å². The normalized spacial score (nSPS) is 19.0. The van der Waals surface area contributed by atoms with E-state index in [1.807, 2.05) is 18.5 Å². The summed E-state index contributed by atoms with van der Waals surface area (Å²) in [5.74, 6) is 4.05. The Morgan fingerprint density at radius 1 is 1.25 bits per heavy atom. The van der Waals surface area contributed by atoms with Gasteiger partial charge < -0.3 is 4.52 Å². The molecule has 0 radical (unpaired) electrons. The maximum Gasteiger partial charge on any atom is 0.226 e. The minimum Gasteiger partial charge on any atom is -0.339 e. The highest BCUT2D eigenvalue weighted by Crippen LogP contribution is 2.20. The van der Waals surface area contributed by atoms with Gasteiger partial charge in [-0.3, -0.25) is 4.90 Å². The molecule has 1 fully saturated rings. The van der Waals surface area contributed by atoms with Crippen LogP contribution in [0.25, 0.3) is 0 Å². The first kappa shape index (κ1) is 17.1. The fourth-order valence-electron chi connectivity index (χ4n) is 3.41. The van der Waals surface area contributed by atoms with Gasteiger partial charge in [0.15, 0.2) is 5.82 Å². The molecule has 1 atom stereocenters. The molecule has 7 nitrogen and oxygen atoms in total. The van der Waals surface area contributed by atoms with E-state index in [0.717, 1.165) is 68.8 Å². The van der Waals surface area contributed by atoms with Crippen LogP contribution < -0.4 is 0 Å². The molecule has 1 saturated heterocycles. The van der Waals surface area contributed by atoms with Crippen LogP contribution in [0.4, 0.5) is 0 Å². The lowest BCUT2D eigenvalue weighted by atomic mass is 9.98. The first-order valence-corrected chi connectivity index (χ1v) is 9.06. The summed E-state index contributed by atoms with van der Waals surface area (Å²) in [6.45, 7) is 10.0. The highest BCUT2D eigenvalue weighted by molar-refractivity contribution is 4.90. The van der Waals surface area contributed by atoms with Crippen molar-refractivity contribution < 1.29 is 4.52 Å². The summed E-state index contributed by atoms with van der Waals surface area (Å²) in [6, 6.07) is 0. The van der Waals surface area contributed by atoms with Crippen molar-refractivity contribution in [2.24, 2.45) is 5.92 Å². The molecule has 1 aliphatic rings. The molecule has 2 aromatic heterocycles. The third-order valence-corrected chi connectivity index (χ3v) is 4.62. The zero-order valence-corrected chi connectivity index (χ0v) is 15.0. The lowest BCUT2D eigenvalue weighted by molar-refractivity contribution is 0.148. The van der Waals surface area contributed by atoms with Crippen molar-refractivity contribution in [3.63, 3.8) is 0 Å². The van der Waals surface area contributed by atoms with Crippen molar-refractivity contribution in [1.82, 2.24) is 29.8 Å². The molecule has 3 heterocycles. The van der Waals surface area contributed by atoms with Crippen molar-refractivity contribution in [3.8, 4) is 0 Å². The molecule has 0 saturated carbocycles. The molecular weight excluding hydrogens is 304 g/mol. The predicted molar refractivity (Wildman–Crippen MR) is 90.4 cm³/mol. The number of hydrogen-bond acceptors (Lipinski definition) is 6. The molecule has 7 heteroatoms. The van der Waals surface area contributed by atoms with E-state index in [-0.39, 0.29) is 0 Å². The number of likely N-dealkylation sites (tertiary alicyclic amines) is 1. The van der Waals surface area contributed by atoms with E-state index < -0.39 is 0 Å². The fraction of sp³-hybridized carbons (Fsp3) is 0.765. The average Bonchev–Trinajstić information content (AvgIpc) is 3.12. The summed E-state index contributed by atoms with van der Waals surface area (Å²) >= 11 is 0. The Labute approximate surface area is 143 Å². The van der Waals surface area contributed by atoms with Crippen molar-refractivity contribution in [1.29, 1.82) is 0 Å². The van der Waals surface area contributed by atoms with Gasteiger partial charge in [-0.25, -0.2) is 9.67 Å². The molecule has 0 aromatic carbocycles. The SMILES string of the molecule is CCCCc1nc(CN2CCC[C@@H](Cn3nc(C)nc3C)C2)no1. The van der Waals surface area contributed by atoms with E-state index in [4.69, 9.17) is 4.52 Å². The van der Waals surface area contributed by atoms with E-state index in [2.05, 4.69) is 32.0 Å². The topological polar surface area (TPSA) is 72.9 Å². The van der Waals surface area contributed by atoms with Gasteiger partial charge in [-0.05, 0) is 45.6 Å². The molecule has 0 bridgehead atoms. The van der Waals surface area contributed by atoms with Gasteiger partial charge in [0.25, 0.3) is 0 Å². The number of rotatable bonds is 7. The Morgan fingerprint density at radius 3 is 2.88 bits per heavy atom. The number of piperidine rings is 1. The Kier molecular flexibility index (Phi) is 5.60. The molecule has 0 amide bonds. The van der Waals surface area contributed by atoms with E-state index in [0.29, 0.717) is 5.92 Å². The summed E-state index contributed by atoms with van der Waals surface area (Å²) < 4.78 is 7.38. The summed E-state index contributed by atoms with van der Waals surface area (Å²) in [7, 11) is 0. The Balaban J connectivity index is 1.53. The molecule has 0 aliphatic carbocycles. The van der Waals surface area contributed by atoms with Crippen LogP contribution in [0, 0.1) is 19.8 Å². The fourth-order valence-corrected chi connectivity index (χ4v) is 3.41. The average molecular weight is 332 g/mol. The smallest absolute Gasteiger partial charge is 0.226 e. The van der Waals surface area contributed by atoms with Gasteiger partial charge in [0.05, 0.1) is 6.54 Å². The highest BCUT2D eigenvalue weighted by Gasteiger charge is 2.22. The molecule has 3 rings (SSSR count). The minimum absolute atomic E-state index is 0.602. The predicted octanol–water partition coefficient (Wildman–Crippen LogP) is 2.53. The number of nitrogens with zero attached hydrogens (tertiary/aromatic N) is 6. The second-order valence-electron chi connectivity index (χ2n) is 6.84. The standard InChI is InChI=1S/C17H28N6O/c1-4-5-8-17-19-16(21-24-17)12-22-9-6-7-15(10-22)11-23-14(3)18-13(2)20-23/h15H,4-12H2,1-3H3/t15-/m1/s1. The second kappa shape index (κ2) is 7.88. The largest absolute Gasteiger partial charge is 0.339 e. The molecule has 0 unspecified atom stereocenters. The van der Waals surface area contributed by atoms with Crippen molar-refractivity contribution in [2.45, 2.75) is 66.0 Å². The summed E-state index contributed by atoms with van der Waals surface area (Å²) in [5, 5.41) is 8.63. The zero-order chi connectivity index (χ0) is 16.9. The molecule has 1 aliphatic heterocycles. The van der Waals surface area contributed by atoms with Crippen LogP contribution in [0.5, 0.6) is 0 Å². The van der Waals surface area contributed by atoms with Crippen molar-refractivity contribution in [2.75, 3.05) is 13.1 Å². The van der Waals surface area contributed by atoms with Crippen LogP contribution in [0.1, 0.15) is 56.0 Å². The molecule has 2 aromatic rings. The summed E-state index contributed by atoms with van der Waals surface area (Å²) in [5.41, 5.74) is 0. The van der Waals surface area contributed by atoms with Crippen LogP contribution in [0.15, 0.2) is 4.52 Å². The lowest BCUT2D eigenvalue weighted by Gasteiger charge is -2.31. The van der Waals surface area contributed by atoms with Gasteiger partial charge in [-0.2, -0.15) is 10.1 Å². The van der Waals surface area contributed by atoms with Crippen LogP contribution in [0.3, 0.4) is 0 Å². The molecule has 0 N–H and O–H groups in total. The van der Waals surface area contributed by atoms with Gasteiger partial charge >= 0.3 is 0 Å². The number of unbranched alkanes of at least 4 members (excludes halogenated alkanes) is 1. The number of aryl methyl sites for hydroxylation is 3. The monoisotopic (exact) mass is 332 g/mol. The highest BCUT2D eigenvalue weighted by atomic mass is 16.5. The third kappa shape index (κ3) is 4.41. The maximum absolute atomic E-state index is 5.34.